The second kappa shape index (κ2) is 4.90. The van der Waals surface area contributed by atoms with Gasteiger partial charge in [-0.25, -0.2) is 0 Å². The van der Waals surface area contributed by atoms with Gasteiger partial charge in [-0.05, 0) is 25.2 Å². The van der Waals surface area contributed by atoms with Crippen LogP contribution < -0.4 is 0 Å². The van der Waals surface area contributed by atoms with Crippen molar-refractivity contribution in [2.75, 3.05) is 13.1 Å². The van der Waals surface area contributed by atoms with Crippen LogP contribution in [-0.2, 0) is 6.54 Å². The van der Waals surface area contributed by atoms with Crippen LogP contribution in [0.15, 0.2) is 12.4 Å². The maximum absolute atomic E-state index is 12.3. The first-order valence-electron chi connectivity index (χ1n) is 6.41. The van der Waals surface area contributed by atoms with E-state index in [-0.39, 0.29) is 5.91 Å². The van der Waals surface area contributed by atoms with E-state index in [0.717, 1.165) is 19.6 Å². The van der Waals surface area contributed by atoms with Gasteiger partial charge in [0.1, 0.15) is 0 Å². The summed E-state index contributed by atoms with van der Waals surface area (Å²) in [5.41, 5.74) is 0.716. The van der Waals surface area contributed by atoms with Crippen LogP contribution >= 0.6 is 0 Å². The second-order valence-corrected chi connectivity index (χ2v) is 5.24. The number of nitrogens with zero attached hydrogens (tertiary/aromatic N) is 3. The molecule has 4 heteroatoms. The average Bonchev–Trinajstić information content (AvgIpc) is 2.75. The molecule has 0 aromatic carbocycles. The zero-order valence-corrected chi connectivity index (χ0v) is 10.9. The van der Waals surface area contributed by atoms with Crippen molar-refractivity contribution in [2.45, 2.75) is 33.7 Å². The molecular formula is C13H21N3O. The highest BCUT2D eigenvalue weighted by molar-refractivity contribution is 5.93. The third-order valence-electron chi connectivity index (χ3n) is 3.36. The van der Waals surface area contributed by atoms with Crippen LogP contribution in [0.5, 0.6) is 0 Å². The summed E-state index contributed by atoms with van der Waals surface area (Å²) in [5, 5.41) is 4.16. The smallest absolute Gasteiger partial charge is 0.257 e. The van der Waals surface area contributed by atoms with Crippen LogP contribution in [0.2, 0.25) is 0 Å². The molecule has 17 heavy (non-hydrogen) atoms. The molecule has 0 unspecified atom stereocenters. The molecule has 2 rings (SSSR count). The Morgan fingerprint density at radius 2 is 2.06 bits per heavy atom. The Morgan fingerprint density at radius 3 is 2.59 bits per heavy atom. The molecule has 0 saturated carbocycles. The first-order valence-corrected chi connectivity index (χ1v) is 6.41. The lowest BCUT2D eigenvalue weighted by atomic mass is 9.91. The van der Waals surface area contributed by atoms with Gasteiger partial charge in [0.15, 0.2) is 0 Å². The molecule has 0 spiro atoms. The largest absolute Gasteiger partial charge is 0.338 e. The fourth-order valence-electron chi connectivity index (χ4n) is 2.66. The minimum atomic E-state index is 0.128. The topological polar surface area (TPSA) is 38.1 Å². The number of aryl methyl sites for hydroxylation is 1. The van der Waals surface area contributed by atoms with Crippen molar-refractivity contribution in [3.8, 4) is 0 Å². The maximum Gasteiger partial charge on any atom is 0.257 e. The molecule has 4 nitrogen and oxygen atoms in total. The molecule has 94 valence electrons. The van der Waals surface area contributed by atoms with E-state index in [0.29, 0.717) is 17.4 Å². The standard InChI is InChI=1S/C13H21N3O/c1-4-16-9-12(6-14-16)13(17)15-7-10(2)5-11(3)8-15/h6,9-11H,4-5,7-8H2,1-3H3/t10-,11+. The van der Waals surface area contributed by atoms with E-state index in [4.69, 9.17) is 0 Å². The molecule has 0 aliphatic carbocycles. The summed E-state index contributed by atoms with van der Waals surface area (Å²) < 4.78 is 1.80. The Labute approximate surface area is 103 Å². The number of amides is 1. The van der Waals surface area contributed by atoms with E-state index in [1.54, 1.807) is 10.9 Å². The zero-order chi connectivity index (χ0) is 12.4. The fourth-order valence-corrected chi connectivity index (χ4v) is 2.66. The molecule has 1 aliphatic rings. The number of piperidine rings is 1. The summed E-state index contributed by atoms with van der Waals surface area (Å²) in [4.78, 5) is 14.3. The normalized spacial score (nSPS) is 25.0. The molecule has 1 saturated heterocycles. The number of carbonyl (C=O) groups is 1. The van der Waals surface area contributed by atoms with Gasteiger partial charge >= 0.3 is 0 Å². The molecular weight excluding hydrogens is 214 g/mol. The van der Waals surface area contributed by atoms with Crippen molar-refractivity contribution >= 4 is 5.91 Å². The fraction of sp³-hybridized carbons (Fsp3) is 0.692. The van der Waals surface area contributed by atoms with E-state index in [9.17, 15) is 4.79 Å². The Kier molecular flexibility index (Phi) is 3.50. The van der Waals surface area contributed by atoms with Gasteiger partial charge in [-0.1, -0.05) is 13.8 Å². The van der Waals surface area contributed by atoms with Crippen molar-refractivity contribution in [1.82, 2.24) is 14.7 Å². The van der Waals surface area contributed by atoms with E-state index < -0.39 is 0 Å². The molecule has 0 bridgehead atoms. The average molecular weight is 235 g/mol. The molecule has 1 aromatic heterocycles. The second-order valence-electron chi connectivity index (χ2n) is 5.24. The van der Waals surface area contributed by atoms with Gasteiger partial charge in [0.25, 0.3) is 5.91 Å². The number of likely N-dealkylation sites (tertiary alicyclic amines) is 1. The first-order chi connectivity index (χ1) is 8.10. The lowest BCUT2D eigenvalue weighted by Crippen LogP contribution is -2.42. The van der Waals surface area contributed by atoms with Gasteiger partial charge in [0.2, 0.25) is 0 Å². The SMILES string of the molecule is CCn1cc(C(=O)N2C[C@H](C)C[C@H](C)C2)cn1. The quantitative estimate of drug-likeness (QED) is 0.786. The predicted octanol–water partition coefficient (Wildman–Crippen LogP) is 2.02. The van der Waals surface area contributed by atoms with E-state index in [1.807, 2.05) is 18.0 Å². The van der Waals surface area contributed by atoms with Crippen molar-refractivity contribution < 1.29 is 4.79 Å². The summed E-state index contributed by atoms with van der Waals surface area (Å²) in [6.07, 6.45) is 4.74. The van der Waals surface area contributed by atoms with Crippen molar-refractivity contribution in [3.63, 3.8) is 0 Å². The van der Waals surface area contributed by atoms with Crippen LogP contribution in [0.3, 0.4) is 0 Å². The summed E-state index contributed by atoms with van der Waals surface area (Å²) in [6.45, 7) is 9.00. The van der Waals surface area contributed by atoms with E-state index >= 15 is 0 Å². The summed E-state index contributed by atoms with van der Waals surface area (Å²) in [6, 6.07) is 0. The summed E-state index contributed by atoms with van der Waals surface area (Å²) in [5.74, 6) is 1.33. The minimum Gasteiger partial charge on any atom is -0.338 e. The number of hydrogen-bond acceptors (Lipinski definition) is 2. The zero-order valence-electron chi connectivity index (χ0n) is 10.9. The van der Waals surface area contributed by atoms with Crippen molar-refractivity contribution in [3.05, 3.63) is 18.0 Å². The van der Waals surface area contributed by atoms with Gasteiger partial charge in [0, 0.05) is 25.8 Å². The van der Waals surface area contributed by atoms with E-state index in [1.165, 1.54) is 6.42 Å². The number of rotatable bonds is 2. The highest BCUT2D eigenvalue weighted by atomic mass is 16.2. The van der Waals surface area contributed by atoms with Crippen LogP contribution in [0, 0.1) is 11.8 Å². The van der Waals surface area contributed by atoms with Crippen LogP contribution in [-0.4, -0.2) is 33.7 Å². The molecule has 1 amide bonds. The third-order valence-corrected chi connectivity index (χ3v) is 3.36. The summed E-state index contributed by atoms with van der Waals surface area (Å²) >= 11 is 0. The highest BCUT2D eigenvalue weighted by Crippen LogP contribution is 2.22. The Balaban J connectivity index is 2.08. The minimum absolute atomic E-state index is 0.128. The predicted molar refractivity (Wildman–Crippen MR) is 66.7 cm³/mol. The monoisotopic (exact) mass is 235 g/mol. The Morgan fingerprint density at radius 1 is 1.41 bits per heavy atom. The molecule has 0 radical (unpaired) electrons. The molecule has 0 N–H and O–H groups in total. The maximum atomic E-state index is 12.3. The number of hydrogen-bond donors (Lipinski definition) is 0. The Hall–Kier alpha value is -1.32. The van der Waals surface area contributed by atoms with Gasteiger partial charge < -0.3 is 4.90 Å². The third kappa shape index (κ3) is 2.68. The number of carbonyl (C=O) groups excluding carboxylic acids is 1. The van der Waals surface area contributed by atoms with Gasteiger partial charge in [-0.3, -0.25) is 9.48 Å². The number of aromatic nitrogens is 2. The van der Waals surface area contributed by atoms with Crippen LogP contribution in [0.1, 0.15) is 37.6 Å². The van der Waals surface area contributed by atoms with Crippen molar-refractivity contribution in [2.24, 2.45) is 11.8 Å². The lowest BCUT2D eigenvalue weighted by molar-refractivity contribution is 0.0623. The van der Waals surface area contributed by atoms with Gasteiger partial charge in [-0.15, -0.1) is 0 Å². The first kappa shape index (κ1) is 12.1. The molecule has 1 fully saturated rings. The highest BCUT2D eigenvalue weighted by Gasteiger charge is 2.26. The molecule has 2 heterocycles. The van der Waals surface area contributed by atoms with Crippen LogP contribution in [0.4, 0.5) is 0 Å². The lowest BCUT2D eigenvalue weighted by Gasteiger charge is -2.34. The van der Waals surface area contributed by atoms with Gasteiger partial charge in [-0.2, -0.15) is 5.10 Å². The molecule has 1 aliphatic heterocycles. The molecule has 2 atom stereocenters. The summed E-state index contributed by atoms with van der Waals surface area (Å²) in [7, 11) is 0. The van der Waals surface area contributed by atoms with Crippen molar-refractivity contribution in [1.29, 1.82) is 0 Å². The Bertz CT molecular complexity index is 389. The van der Waals surface area contributed by atoms with E-state index in [2.05, 4.69) is 18.9 Å². The van der Waals surface area contributed by atoms with Crippen LogP contribution in [0.25, 0.3) is 0 Å². The van der Waals surface area contributed by atoms with Gasteiger partial charge in [0.05, 0.1) is 11.8 Å². The molecule has 1 aromatic rings.